The maximum atomic E-state index is 12.0. The molecule has 1 aromatic carbocycles. The second-order valence-electron chi connectivity index (χ2n) is 6.54. The summed E-state index contributed by atoms with van der Waals surface area (Å²) in [7, 11) is 1.75. The third kappa shape index (κ3) is 4.93. The summed E-state index contributed by atoms with van der Waals surface area (Å²) in [5, 5.41) is 6.70. The summed E-state index contributed by atoms with van der Waals surface area (Å²) < 4.78 is 5.36. The molecular weight excluding hydrogens is 266 g/mol. The van der Waals surface area contributed by atoms with Crippen molar-refractivity contribution in [1.82, 2.24) is 10.2 Å². The van der Waals surface area contributed by atoms with Gasteiger partial charge in [-0.2, -0.15) is 0 Å². The second-order valence-corrected chi connectivity index (χ2v) is 6.54. The number of hydrogen-bond donors (Lipinski definition) is 2. The Morgan fingerprint density at radius 2 is 2.14 bits per heavy atom. The van der Waals surface area contributed by atoms with E-state index >= 15 is 0 Å². The van der Waals surface area contributed by atoms with Gasteiger partial charge in [0.05, 0.1) is 6.04 Å². The number of ether oxygens (including phenoxy) is 1. The topological polar surface area (TPSA) is 53.6 Å². The molecule has 0 radical (unpaired) electrons. The Bertz CT molecular complexity index is 493. The van der Waals surface area contributed by atoms with Gasteiger partial charge in [-0.05, 0) is 38.5 Å². The lowest BCUT2D eigenvalue weighted by Gasteiger charge is -2.29. The fourth-order valence-electron chi connectivity index (χ4n) is 2.06. The largest absolute Gasteiger partial charge is 0.444 e. The van der Waals surface area contributed by atoms with Crippen molar-refractivity contribution in [2.75, 3.05) is 25.5 Å². The third-order valence-corrected chi connectivity index (χ3v) is 3.20. The SMILES string of the molecule is CN(Cc1cccc(NC2CNC2)c1)C(=O)OC(C)(C)C. The predicted molar refractivity (Wildman–Crippen MR) is 84.4 cm³/mol. The van der Waals surface area contributed by atoms with Crippen molar-refractivity contribution in [3.05, 3.63) is 29.8 Å². The van der Waals surface area contributed by atoms with Crippen molar-refractivity contribution in [2.45, 2.75) is 39.0 Å². The van der Waals surface area contributed by atoms with Crippen LogP contribution in [0.1, 0.15) is 26.3 Å². The van der Waals surface area contributed by atoms with Crippen molar-refractivity contribution in [2.24, 2.45) is 0 Å². The molecule has 1 heterocycles. The summed E-state index contributed by atoms with van der Waals surface area (Å²) in [5.41, 5.74) is 1.71. The Kier molecular flexibility index (Phi) is 4.73. The van der Waals surface area contributed by atoms with Crippen LogP contribution in [0.4, 0.5) is 10.5 Å². The Hall–Kier alpha value is -1.75. The molecule has 21 heavy (non-hydrogen) atoms. The summed E-state index contributed by atoms with van der Waals surface area (Å²) in [4.78, 5) is 13.6. The molecule has 2 N–H and O–H groups in total. The van der Waals surface area contributed by atoms with E-state index in [0.717, 1.165) is 24.3 Å². The van der Waals surface area contributed by atoms with Crippen LogP contribution in [0.5, 0.6) is 0 Å². The number of carbonyl (C=O) groups excluding carboxylic acids is 1. The van der Waals surface area contributed by atoms with Gasteiger partial charge < -0.3 is 20.3 Å². The van der Waals surface area contributed by atoms with Gasteiger partial charge in [-0.1, -0.05) is 12.1 Å². The van der Waals surface area contributed by atoms with Gasteiger partial charge in [0, 0.05) is 32.4 Å². The average molecular weight is 291 g/mol. The Morgan fingerprint density at radius 3 is 2.71 bits per heavy atom. The van der Waals surface area contributed by atoms with E-state index in [1.165, 1.54) is 0 Å². The number of amides is 1. The predicted octanol–water partition coefficient (Wildman–Crippen LogP) is 2.44. The second kappa shape index (κ2) is 6.35. The number of nitrogens with zero attached hydrogens (tertiary/aromatic N) is 1. The van der Waals surface area contributed by atoms with Crippen molar-refractivity contribution in [3.63, 3.8) is 0 Å². The van der Waals surface area contributed by atoms with Crippen LogP contribution in [0.3, 0.4) is 0 Å². The summed E-state index contributed by atoms with van der Waals surface area (Å²) in [6.45, 7) is 8.15. The van der Waals surface area contributed by atoms with Crippen LogP contribution in [0.2, 0.25) is 0 Å². The Labute approximate surface area is 126 Å². The maximum Gasteiger partial charge on any atom is 0.410 e. The molecule has 0 saturated carbocycles. The maximum absolute atomic E-state index is 12.0. The van der Waals surface area contributed by atoms with Gasteiger partial charge in [0.25, 0.3) is 0 Å². The standard InChI is InChI=1S/C16H25N3O2/c1-16(2,3)21-15(20)19(4)11-12-6-5-7-13(8-12)18-14-9-17-10-14/h5-8,14,17-18H,9-11H2,1-4H3. The molecule has 116 valence electrons. The molecule has 1 aliphatic heterocycles. The third-order valence-electron chi connectivity index (χ3n) is 3.20. The highest BCUT2D eigenvalue weighted by Crippen LogP contribution is 2.16. The van der Waals surface area contributed by atoms with Crippen molar-refractivity contribution in [3.8, 4) is 0 Å². The molecule has 0 bridgehead atoms. The number of hydrogen-bond acceptors (Lipinski definition) is 4. The summed E-state index contributed by atoms with van der Waals surface area (Å²) in [6.07, 6.45) is -0.302. The smallest absolute Gasteiger partial charge is 0.410 e. The Balaban J connectivity index is 1.92. The lowest BCUT2D eigenvalue weighted by Crippen LogP contribution is -2.51. The zero-order chi connectivity index (χ0) is 15.5. The first-order valence-corrected chi connectivity index (χ1v) is 7.34. The highest BCUT2D eigenvalue weighted by atomic mass is 16.6. The van der Waals surface area contributed by atoms with Gasteiger partial charge in [-0.15, -0.1) is 0 Å². The summed E-state index contributed by atoms with van der Waals surface area (Å²) in [5.74, 6) is 0. The van der Waals surface area contributed by atoms with Crippen LogP contribution in [-0.2, 0) is 11.3 Å². The summed E-state index contributed by atoms with van der Waals surface area (Å²) in [6, 6.07) is 8.66. The molecule has 0 spiro atoms. The van der Waals surface area contributed by atoms with E-state index in [9.17, 15) is 4.79 Å². The molecular formula is C16H25N3O2. The molecule has 0 atom stereocenters. The van der Waals surface area contributed by atoms with E-state index in [4.69, 9.17) is 4.74 Å². The molecule has 5 heteroatoms. The first-order chi connectivity index (χ1) is 9.83. The molecule has 5 nitrogen and oxygen atoms in total. The molecule has 1 aromatic rings. The molecule has 2 rings (SSSR count). The van der Waals surface area contributed by atoms with E-state index in [-0.39, 0.29) is 6.09 Å². The zero-order valence-corrected chi connectivity index (χ0v) is 13.3. The number of rotatable bonds is 4. The van der Waals surface area contributed by atoms with Crippen LogP contribution in [0.15, 0.2) is 24.3 Å². The highest BCUT2D eigenvalue weighted by molar-refractivity contribution is 5.67. The Morgan fingerprint density at radius 1 is 1.43 bits per heavy atom. The van der Waals surface area contributed by atoms with Gasteiger partial charge in [0.15, 0.2) is 0 Å². The van der Waals surface area contributed by atoms with Crippen LogP contribution >= 0.6 is 0 Å². The van der Waals surface area contributed by atoms with E-state index in [1.54, 1.807) is 11.9 Å². The summed E-state index contributed by atoms with van der Waals surface area (Å²) >= 11 is 0. The van der Waals surface area contributed by atoms with E-state index in [1.807, 2.05) is 32.9 Å². The van der Waals surface area contributed by atoms with E-state index in [2.05, 4.69) is 22.8 Å². The highest BCUT2D eigenvalue weighted by Gasteiger charge is 2.20. The van der Waals surface area contributed by atoms with Gasteiger partial charge in [0.2, 0.25) is 0 Å². The molecule has 1 amide bonds. The first kappa shape index (κ1) is 15.6. The minimum atomic E-state index is -0.466. The zero-order valence-electron chi connectivity index (χ0n) is 13.3. The van der Waals surface area contributed by atoms with Crippen LogP contribution in [-0.4, -0.2) is 42.8 Å². The minimum Gasteiger partial charge on any atom is -0.444 e. The van der Waals surface area contributed by atoms with Gasteiger partial charge in [0.1, 0.15) is 5.60 Å². The van der Waals surface area contributed by atoms with Gasteiger partial charge in [-0.3, -0.25) is 0 Å². The molecule has 0 aromatic heterocycles. The van der Waals surface area contributed by atoms with E-state index in [0.29, 0.717) is 12.6 Å². The average Bonchev–Trinajstić information content (AvgIpc) is 2.32. The fraction of sp³-hybridized carbons (Fsp3) is 0.562. The quantitative estimate of drug-likeness (QED) is 0.894. The van der Waals surface area contributed by atoms with Gasteiger partial charge >= 0.3 is 6.09 Å². The molecule has 0 aliphatic carbocycles. The van der Waals surface area contributed by atoms with Crippen LogP contribution in [0.25, 0.3) is 0 Å². The molecule has 0 unspecified atom stereocenters. The lowest BCUT2D eigenvalue weighted by atomic mass is 10.1. The van der Waals surface area contributed by atoms with Gasteiger partial charge in [-0.25, -0.2) is 4.79 Å². The molecule has 1 fully saturated rings. The molecule has 1 aliphatic rings. The number of carbonyl (C=O) groups is 1. The monoisotopic (exact) mass is 291 g/mol. The normalized spacial score (nSPS) is 15.2. The van der Waals surface area contributed by atoms with Crippen molar-refractivity contribution in [1.29, 1.82) is 0 Å². The van der Waals surface area contributed by atoms with Crippen molar-refractivity contribution < 1.29 is 9.53 Å². The number of benzene rings is 1. The van der Waals surface area contributed by atoms with Crippen LogP contribution < -0.4 is 10.6 Å². The number of anilines is 1. The fourth-order valence-corrected chi connectivity index (χ4v) is 2.06. The molecule has 1 saturated heterocycles. The van der Waals surface area contributed by atoms with E-state index < -0.39 is 5.60 Å². The first-order valence-electron chi connectivity index (χ1n) is 7.34. The minimum absolute atomic E-state index is 0.302. The van der Waals surface area contributed by atoms with Crippen LogP contribution in [0, 0.1) is 0 Å². The lowest BCUT2D eigenvalue weighted by molar-refractivity contribution is 0.0285. The number of nitrogens with one attached hydrogen (secondary N) is 2. The van der Waals surface area contributed by atoms with Crippen molar-refractivity contribution >= 4 is 11.8 Å².